The van der Waals surface area contributed by atoms with Crippen LogP contribution in [0.4, 0.5) is 15.8 Å². The first-order valence-corrected chi connectivity index (χ1v) is 14.4. The van der Waals surface area contributed by atoms with Crippen molar-refractivity contribution in [1.82, 2.24) is 4.98 Å². The van der Waals surface area contributed by atoms with E-state index in [4.69, 9.17) is 19.1 Å². The molecule has 0 N–H and O–H groups in total. The van der Waals surface area contributed by atoms with E-state index in [-0.39, 0.29) is 5.82 Å². The second kappa shape index (κ2) is 11.8. The number of halogens is 1. The third-order valence-electron chi connectivity index (χ3n) is 6.78. The smallest absolute Gasteiger partial charge is 0.230 e. The average Bonchev–Trinajstić information content (AvgIpc) is 3.50. The average molecular weight is 562 g/mol. The molecular formula is C34H28FN3O2S. The highest BCUT2D eigenvalue weighted by atomic mass is 32.1. The lowest BCUT2D eigenvalue weighted by Gasteiger charge is -2.21. The van der Waals surface area contributed by atoms with Crippen LogP contribution in [0, 0.1) is 5.82 Å². The van der Waals surface area contributed by atoms with E-state index in [0.717, 1.165) is 63.1 Å². The number of thiazole rings is 1. The maximum Gasteiger partial charge on any atom is 0.230 e. The summed E-state index contributed by atoms with van der Waals surface area (Å²) in [6.07, 6.45) is 0. The fraction of sp³-hybridized carbons (Fsp3) is 0.118. The van der Waals surface area contributed by atoms with Crippen LogP contribution in [-0.2, 0) is 0 Å². The van der Waals surface area contributed by atoms with Gasteiger partial charge in [0.05, 0.1) is 16.9 Å². The number of hydrogen-bond acceptors (Lipinski definition) is 6. The van der Waals surface area contributed by atoms with Gasteiger partial charge in [-0.25, -0.2) is 14.4 Å². The van der Waals surface area contributed by atoms with E-state index in [1.807, 2.05) is 66.0 Å². The topological polar surface area (TPSA) is 50.9 Å². The Morgan fingerprint density at radius 3 is 2.32 bits per heavy atom. The Labute approximate surface area is 241 Å². The molecular weight excluding hydrogens is 533 g/mol. The molecule has 4 aromatic carbocycles. The highest BCUT2D eigenvalue weighted by Crippen LogP contribution is 2.32. The number of benzene rings is 4. The fourth-order valence-corrected chi connectivity index (χ4v) is 5.45. The number of ether oxygens (including phenoxy) is 1. The molecule has 7 heteroatoms. The number of anilines is 1. The minimum Gasteiger partial charge on any atom is -0.457 e. The highest BCUT2D eigenvalue weighted by Gasteiger charge is 2.14. The number of rotatable bonds is 8. The second-order valence-electron chi connectivity index (χ2n) is 9.43. The molecule has 0 saturated heterocycles. The van der Waals surface area contributed by atoms with Crippen LogP contribution in [0.25, 0.3) is 32.8 Å². The minimum absolute atomic E-state index is 0.312. The van der Waals surface area contributed by atoms with Crippen molar-refractivity contribution in [3.05, 3.63) is 120 Å². The molecule has 0 aliphatic carbocycles. The molecule has 0 spiro atoms. The van der Waals surface area contributed by atoms with Gasteiger partial charge in [0.25, 0.3) is 0 Å². The number of para-hydroxylation sites is 1. The molecule has 41 heavy (non-hydrogen) atoms. The van der Waals surface area contributed by atoms with Crippen molar-refractivity contribution in [1.29, 1.82) is 0 Å². The Bertz CT molecular complexity index is 1840. The predicted molar refractivity (Wildman–Crippen MR) is 164 cm³/mol. The van der Waals surface area contributed by atoms with E-state index >= 15 is 0 Å². The molecule has 0 radical (unpaired) electrons. The van der Waals surface area contributed by atoms with E-state index in [1.165, 1.54) is 23.5 Å². The summed E-state index contributed by atoms with van der Waals surface area (Å²) in [6.45, 7) is 6.06. The van der Waals surface area contributed by atoms with Crippen LogP contribution in [0.2, 0.25) is 0 Å². The molecule has 0 fully saturated rings. The molecule has 0 aliphatic rings. The van der Waals surface area contributed by atoms with Gasteiger partial charge in [-0.2, -0.15) is 0 Å². The Balaban J connectivity index is 1.39. The quantitative estimate of drug-likeness (QED) is 0.186. The summed E-state index contributed by atoms with van der Waals surface area (Å²) < 4.78 is 25.9. The third kappa shape index (κ3) is 5.90. The van der Waals surface area contributed by atoms with Crippen molar-refractivity contribution in [3.8, 4) is 33.3 Å². The zero-order valence-electron chi connectivity index (χ0n) is 22.8. The first-order chi connectivity index (χ1) is 20.1. The molecule has 5 nitrogen and oxygen atoms in total. The monoisotopic (exact) mass is 561 g/mol. The Morgan fingerprint density at radius 2 is 1.59 bits per heavy atom. The maximum absolute atomic E-state index is 13.6. The van der Waals surface area contributed by atoms with E-state index in [9.17, 15) is 4.39 Å². The zero-order chi connectivity index (χ0) is 28.2. The van der Waals surface area contributed by atoms with E-state index in [0.29, 0.717) is 11.2 Å². The Morgan fingerprint density at radius 1 is 0.854 bits per heavy atom. The number of aromatic nitrogens is 1. The lowest BCUT2D eigenvalue weighted by atomic mass is 10.1. The van der Waals surface area contributed by atoms with Crippen molar-refractivity contribution < 1.29 is 13.5 Å². The van der Waals surface area contributed by atoms with Crippen molar-refractivity contribution in [2.24, 2.45) is 4.99 Å². The van der Waals surface area contributed by atoms with Crippen LogP contribution in [0.1, 0.15) is 13.8 Å². The van der Waals surface area contributed by atoms with E-state index < -0.39 is 0 Å². The van der Waals surface area contributed by atoms with Crippen LogP contribution >= 0.6 is 11.3 Å². The summed E-state index contributed by atoms with van der Waals surface area (Å²) >= 11 is 1.52. The largest absolute Gasteiger partial charge is 0.457 e. The number of fused-ring (bicyclic) bond motifs is 1. The maximum atomic E-state index is 13.6. The van der Waals surface area contributed by atoms with Gasteiger partial charge < -0.3 is 14.1 Å². The van der Waals surface area contributed by atoms with Gasteiger partial charge in [-0.05, 0) is 92.7 Å². The molecule has 2 heterocycles. The van der Waals surface area contributed by atoms with E-state index in [1.54, 1.807) is 12.1 Å². The van der Waals surface area contributed by atoms with Crippen LogP contribution in [-0.4, -0.2) is 18.1 Å². The van der Waals surface area contributed by atoms with Crippen molar-refractivity contribution in [3.63, 3.8) is 0 Å². The van der Waals surface area contributed by atoms with E-state index in [2.05, 4.69) is 36.9 Å². The Kier molecular flexibility index (Phi) is 7.60. The van der Waals surface area contributed by atoms with Crippen LogP contribution in [0.15, 0.2) is 118 Å². The molecule has 0 atom stereocenters. The van der Waals surface area contributed by atoms with Gasteiger partial charge in [0.2, 0.25) is 5.55 Å². The lowest BCUT2D eigenvalue weighted by molar-refractivity contribution is 0.483. The molecule has 204 valence electrons. The number of hydrogen-bond donors (Lipinski definition) is 0. The van der Waals surface area contributed by atoms with Crippen LogP contribution in [0.5, 0.6) is 11.5 Å². The van der Waals surface area contributed by atoms with Gasteiger partial charge in [0, 0.05) is 41.2 Å². The zero-order valence-corrected chi connectivity index (χ0v) is 23.6. The fourth-order valence-electron chi connectivity index (χ4n) is 4.61. The predicted octanol–water partition coefficient (Wildman–Crippen LogP) is 9.23. The van der Waals surface area contributed by atoms with Gasteiger partial charge in [-0.1, -0.05) is 18.2 Å². The van der Waals surface area contributed by atoms with Gasteiger partial charge in [0.1, 0.15) is 27.9 Å². The molecule has 0 aliphatic heterocycles. The normalized spacial score (nSPS) is 11.6. The molecule has 6 rings (SSSR count). The summed E-state index contributed by atoms with van der Waals surface area (Å²) in [7, 11) is 0. The van der Waals surface area contributed by atoms with Crippen LogP contribution < -0.4 is 15.2 Å². The Hall–Kier alpha value is -4.75. The molecule has 6 aromatic rings. The summed E-state index contributed by atoms with van der Waals surface area (Å²) in [5.41, 5.74) is 5.44. The van der Waals surface area contributed by atoms with Gasteiger partial charge in [-0.15, -0.1) is 11.3 Å². The lowest BCUT2D eigenvalue weighted by Crippen LogP contribution is -2.21. The third-order valence-corrected chi connectivity index (χ3v) is 7.66. The first-order valence-electron chi connectivity index (χ1n) is 13.5. The molecule has 0 saturated carbocycles. The van der Waals surface area contributed by atoms with Gasteiger partial charge in [0.15, 0.2) is 0 Å². The van der Waals surface area contributed by atoms with Crippen molar-refractivity contribution >= 4 is 33.7 Å². The minimum atomic E-state index is -0.312. The second-order valence-corrected chi connectivity index (χ2v) is 10.3. The molecule has 0 unspecified atom stereocenters. The SMILES string of the molecule is CCN(CC)c1ccc2cc(-c3nc(-c4ccc(Oc5ccccc5)cc4)cs3)c(=Nc3ccc(F)cc3)oc2c1. The molecule has 2 aromatic heterocycles. The summed E-state index contributed by atoms with van der Waals surface area (Å²) in [4.78, 5) is 12.0. The standard InChI is InChI=1S/C34H28FN3O2S/c1-3-38(4-2)27-17-10-24-20-30(33(40-32(24)21-27)36-26-15-13-25(35)14-16-26)34-37-31(22-41-34)23-11-18-29(19-12-23)39-28-8-6-5-7-9-28/h5-22H,3-4H2,1-2H3. The highest BCUT2D eigenvalue weighted by molar-refractivity contribution is 7.13. The van der Waals surface area contributed by atoms with Crippen molar-refractivity contribution in [2.75, 3.05) is 18.0 Å². The molecule has 0 bridgehead atoms. The first kappa shape index (κ1) is 26.5. The van der Waals surface area contributed by atoms with Gasteiger partial charge >= 0.3 is 0 Å². The molecule has 0 amide bonds. The van der Waals surface area contributed by atoms with Crippen molar-refractivity contribution in [2.45, 2.75) is 13.8 Å². The van der Waals surface area contributed by atoms with Crippen LogP contribution in [0.3, 0.4) is 0 Å². The number of nitrogens with zero attached hydrogens (tertiary/aromatic N) is 3. The van der Waals surface area contributed by atoms with Gasteiger partial charge in [-0.3, -0.25) is 0 Å². The summed E-state index contributed by atoms with van der Waals surface area (Å²) in [5.74, 6) is 1.24. The summed E-state index contributed by atoms with van der Waals surface area (Å²) in [6, 6.07) is 31.9. The summed E-state index contributed by atoms with van der Waals surface area (Å²) in [5, 5.41) is 3.76.